The van der Waals surface area contributed by atoms with Crippen LogP contribution in [0.4, 0.5) is 11.5 Å². The fourth-order valence-corrected chi connectivity index (χ4v) is 2.29. The molecule has 0 aliphatic rings. The summed E-state index contributed by atoms with van der Waals surface area (Å²) >= 11 is 0. The SMILES string of the molecule is CCc1cccc(NC(N)=Nc2ccc3ccccc3n2)c1. The van der Waals surface area contributed by atoms with Gasteiger partial charge >= 0.3 is 0 Å². The normalized spacial score (nSPS) is 11.6. The van der Waals surface area contributed by atoms with Crippen LogP contribution in [0, 0.1) is 0 Å². The van der Waals surface area contributed by atoms with Gasteiger partial charge in [0.25, 0.3) is 0 Å². The number of pyridine rings is 1. The molecule has 1 heterocycles. The van der Waals surface area contributed by atoms with Gasteiger partial charge in [0.1, 0.15) is 0 Å². The summed E-state index contributed by atoms with van der Waals surface area (Å²) in [6.45, 7) is 2.12. The Bertz CT molecular complexity index is 824. The molecule has 110 valence electrons. The summed E-state index contributed by atoms with van der Waals surface area (Å²) in [5.41, 5.74) is 9.06. The Kier molecular flexibility index (Phi) is 4.01. The van der Waals surface area contributed by atoms with E-state index < -0.39 is 0 Å². The van der Waals surface area contributed by atoms with Gasteiger partial charge in [0.05, 0.1) is 5.52 Å². The first-order valence-electron chi connectivity index (χ1n) is 7.30. The van der Waals surface area contributed by atoms with Crippen LogP contribution in [0.1, 0.15) is 12.5 Å². The summed E-state index contributed by atoms with van der Waals surface area (Å²) in [6, 6.07) is 19.9. The highest BCUT2D eigenvalue weighted by molar-refractivity contribution is 5.94. The van der Waals surface area contributed by atoms with Gasteiger partial charge in [-0.25, -0.2) is 4.98 Å². The van der Waals surface area contributed by atoms with Gasteiger partial charge in [-0.05, 0) is 42.3 Å². The molecule has 0 amide bonds. The zero-order chi connectivity index (χ0) is 15.4. The standard InChI is InChI=1S/C18H18N4/c1-2-13-6-5-8-15(12-13)20-18(19)22-17-11-10-14-7-3-4-9-16(14)21-17/h3-12H,2H2,1H3,(H3,19,20,21,22). The molecule has 1 aromatic heterocycles. The second-order valence-corrected chi connectivity index (χ2v) is 5.04. The van der Waals surface area contributed by atoms with Gasteiger partial charge in [-0.15, -0.1) is 0 Å². The molecule has 3 N–H and O–H groups in total. The van der Waals surface area contributed by atoms with Crippen molar-refractivity contribution in [2.75, 3.05) is 5.32 Å². The molecule has 22 heavy (non-hydrogen) atoms. The average Bonchev–Trinajstić information content (AvgIpc) is 2.55. The van der Waals surface area contributed by atoms with Gasteiger partial charge in [0.2, 0.25) is 0 Å². The lowest BCUT2D eigenvalue weighted by atomic mass is 10.1. The summed E-state index contributed by atoms with van der Waals surface area (Å²) < 4.78 is 0. The third kappa shape index (κ3) is 3.23. The number of aryl methyl sites for hydroxylation is 1. The molecule has 0 unspecified atom stereocenters. The van der Waals surface area contributed by atoms with Gasteiger partial charge in [0, 0.05) is 11.1 Å². The Balaban J connectivity index is 1.82. The number of anilines is 1. The summed E-state index contributed by atoms with van der Waals surface area (Å²) in [6.07, 6.45) is 0.985. The van der Waals surface area contributed by atoms with E-state index in [1.54, 1.807) is 0 Å². The molecule has 4 heteroatoms. The number of nitrogens with one attached hydrogen (secondary N) is 1. The van der Waals surface area contributed by atoms with E-state index in [1.165, 1.54) is 5.56 Å². The van der Waals surface area contributed by atoms with Crippen molar-refractivity contribution >= 4 is 28.4 Å². The van der Waals surface area contributed by atoms with Crippen LogP contribution >= 0.6 is 0 Å². The molecule has 0 saturated carbocycles. The third-order valence-electron chi connectivity index (χ3n) is 3.43. The molecule has 0 aliphatic carbocycles. The lowest BCUT2D eigenvalue weighted by Crippen LogP contribution is -2.22. The van der Waals surface area contributed by atoms with Crippen molar-refractivity contribution in [2.45, 2.75) is 13.3 Å². The second kappa shape index (κ2) is 6.26. The Labute approximate surface area is 129 Å². The number of hydrogen-bond acceptors (Lipinski definition) is 2. The van der Waals surface area contributed by atoms with Crippen molar-refractivity contribution < 1.29 is 0 Å². The molecule has 2 aromatic carbocycles. The maximum Gasteiger partial charge on any atom is 0.199 e. The van der Waals surface area contributed by atoms with E-state index in [2.05, 4.69) is 34.3 Å². The molecular weight excluding hydrogens is 272 g/mol. The Morgan fingerprint density at radius 2 is 1.95 bits per heavy atom. The van der Waals surface area contributed by atoms with Crippen molar-refractivity contribution in [3.05, 3.63) is 66.2 Å². The molecular formula is C18H18N4. The first kappa shape index (κ1) is 14.1. The van der Waals surface area contributed by atoms with E-state index in [-0.39, 0.29) is 0 Å². The van der Waals surface area contributed by atoms with Crippen molar-refractivity contribution in [2.24, 2.45) is 10.7 Å². The van der Waals surface area contributed by atoms with E-state index in [0.717, 1.165) is 23.0 Å². The summed E-state index contributed by atoms with van der Waals surface area (Å²) in [5, 5.41) is 4.19. The molecule has 3 rings (SSSR count). The van der Waals surface area contributed by atoms with Crippen LogP contribution in [0.2, 0.25) is 0 Å². The molecule has 0 bridgehead atoms. The van der Waals surface area contributed by atoms with E-state index >= 15 is 0 Å². The van der Waals surface area contributed by atoms with Gasteiger partial charge in [-0.2, -0.15) is 4.99 Å². The van der Waals surface area contributed by atoms with Crippen molar-refractivity contribution in [1.82, 2.24) is 4.98 Å². The predicted octanol–water partition coefficient (Wildman–Crippen LogP) is 3.86. The maximum atomic E-state index is 5.97. The zero-order valence-electron chi connectivity index (χ0n) is 12.5. The number of aromatic nitrogens is 1. The number of benzene rings is 2. The highest BCUT2D eigenvalue weighted by atomic mass is 15.1. The van der Waals surface area contributed by atoms with Gasteiger partial charge < -0.3 is 11.1 Å². The summed E-state index contributed by atoms with van der Waals surface area (Å²) in [5.74, 6) is 0.923. The number of hydrogen-bond donors (Lipinski definition) is 2. The Hall–Kier alpha value is -2.88. The van der Waals surface area contributed by atoms with Crippen molar-refractivity contribution in [3.63, 3.8) is 0 Å². The van der Waals surface area contributed by atoms with E-state index in [9.17, 15) is 0 Å². The molecule has 4 nitrogen and oxygen atoms in total. The van der Waals surface area contributed by atoms with Gasteiger partial charge in [-0.3, -0.25) is 0 Å². The number of guanidine groups is 1. The van der Waals surface area contributed by atoms with Crippen LogP contribution in [0.25, 0.3) is 10.9 Å². The van der Waals surface area contributed by atoms with Crippen LogP contribution in [-0.2, 0) is 6.42 Å². The van der Waals surface area contributed by atoms with E-state index in [0.29, 0.717) is 11.8 Å². The Morgan fingerprint density at radius 1 is 1.09 bits per heavy atom. The van der Waals surface area contributed by atoms with Gasteiger partial charge in [0.15, 0.2) is 11.8 Å². The highest BCUT2D eigenvalue weighted by Crippen LogP contribution is 2.17. The first-order valence-corrected chi connectivity index (χ1v) is 7.30. The minimum atomic E-state index is 0.330. The highest BCUT2D eigenvalue weighted by Gasteiger charge is 2.00. The van der Waals surface area contributed by atoms with Crippen LogP contribution < -0.4 is 11.1 Å². The van der Waals surface area contributed by atoms with E-state index in [4.69, 9.17) is 5.73 Å². The molecule has 0 spiro atoms. The largest absolute Gasteiger partial charge is 0.369 e. The van der Waals surface area contributed by atoms with Crippen LogP contribution in [0.15, 0.2) is 65.7 Å². The molecule has 0 saturated heterocycles. The minimum absolute atomic E-state index is 0.330. The minimum Gasteiger partial charge on any atom is -0.369 e. The monoisotopic (exact) mass is 290 g/mol. The number of nitrogens with zero attached hydrogens (tertiary/aromatic N) is 2. The van der Waals surface area contributed by atoms with Gasteiger partial charge in [-0.1, -0.05) is 37.3 Å². The molecule has 0 radical (unpaired) electrons. The molecule has 0 atom stereocenters. The fraction of sp³-hybridized carbons (Fsp3) is 0.111. The number of para-hydroxylation sites is 1. The average molecular weight is 290 g/mol. The van der Waals surface area contributed by atoms with Crippen molar-refractivity contribution in [3.8, 4) is 0 Å². The first-order chi connectivity index (χ1) is 10.7. The maximum absolute atomic E-state index is 5.97. The third-order valence-corrected chi connectivity index (χ3v) is 3.43. The number of fused-ring (bicyclic) bond motifs is 1. The van der Waals surface area contributed by atoms with E-state index in [1.807, 2.05) is 48.5 Å². The fourth-order valence-electron chi connectivity index (χ4n) is 2.29. The predicted molar refractivity (Wildman–Crippen MR) is 92.5 cm³/mol. The summed E-state index contributed by atoms with van der Waals surface area (Å²) in [4.78, 5) is 8.82. The topological polar surface area (TPSA) is 63.3 Å². The second-order valence-electron chi connectivity index (χ2n) is 5.04. The summed E-state index contributed by atoms with van der Waals surface area (Å²) in [7, 11) is 0. The smallest absolute Gasteiger partial charge is 0.199 e. The van der Waals surface area contributed by atoms with Crippen LogP contribution in [0.3, 0.4) is 0 Å². The zero-order valence-corrected chi connectivity index (χ0v) is 12.5. The van der Waals surface area contributed by atoms with Crippen molar-refractivity contribution in [1.29, 1.82) is 0 Å². The molecule has 0 aliphatic heterocycles. The number of nitrogens with two attached hydrogens (primary N) is 1. The van der Waals surface area contributed by atoms with Crippen LogP contribution in [0.5, 0.6) is 0 Å². The number of rotatable bonds is 3. The molecule has 3 aromatic rings. The quantitative estimate of drug-likeness (QED) is 0.569. The van der Waals surface area contributed by atoms with Crippen LogP contribution in [-0.4, -0.2) is 10.9 Å². The lowest BCUT2D eigenvalue weighted by molar-refractivity contribution is 1.14. The Morgan fingerprint density at radius 3 is 2.82 bits per heavy atom. The lowest BCUT2D eigenvalue weighted by Gasteiger charge is -2.07. The number of aliphatic imine (C=N–C) groups is 1. The molecule has 0 fully saturated rings.